The molecule has 0 bridgehead atoms. The molecule has 1 aromatic carbocycles. The molecule has 8 heteroatoms. The fraction of sp³-hybridized carbons (Fsp3) is 0.333. The maximum absolute atomic E-state index is 12.6. The SMILES string of the molecule is O=C(CCc1ncc(-c2ccccc2Cl)o1)N1CCN(Cc2ccc(Cl)s2)CC1. The summed E-state index contributed by atoms with van der Waals surface area (Å²) in [5, 5.41) is 0.619. The highest BCUT2D eigenvalue weighted by Crippen LogP contribution is 2.28. The number of carbonyl (C=O) groups excluding carboxylic acids is 1. The Bertz CT molecular complexity index is 980. The van der Waals surface area contributed by atoms with Crippen molar-refractivity contribution in [2.45, 2.75) is 19.4 Å². The Balaban J connectivity index is 1.25. The first-order valence-corrected chi connectivity index (χ1v) is 11.1. The van der Waals surface area contributed by atoms with E-state index in [4.69, 9.17) is 27.6 Å². The number of amides is 1. The van der Waals surface area contributed by atoms with Crippen molar-refractivity contribution in [3.05, 3.63) is 62.7 Å². The van der Waals surface area contributed by atoms with Crippen LogP contribution in [0.1, 0.15) is 17.2 Å². The molecule has 0 atom stereocenters. The zero-order chi connectivity index (χ0) is 20.2. The summed E-state index contributed by atoms with van der Waals surface area (Å²) in [6.45, 7) is 4.12. The van der Waals surface area contributed by atoms with Crippen molar-refractivity contribution in [1.82, 2.24) is 14.8 Å². The molecule has 0 saturated carbocycles. The number of aromatic nitrogens is 1. The largest absolute Gasteiger partial charge is 0.441 e. The second kappa shape index (κ2) is 9.30. The van der Waals surface area contributed by atoms with E-state index in [1.54, 1.807) is 17.5 Å². The summed E-state index contributed by atoms with van der Waals surface area (Å²) in [5.41, 5.74) is 0.808. The highest BCUT2D eigenvalue weighted by molar-refractivity contribution is 7.16. The van der Waals surface area contributed by atoms with Crippen LogP contribution >= 0.6 is 34.5 Å². The maximum Gasteiger partial charge on any atom is 0.223 e. The van der Waals surface area contributed by atoms with E-state index in [0.29, 0.717) is 29.5 Å². The van der Waals surface area contributed by atoms with Crippen molar-refractivity contribution < 1.29 is 9.21 Å². The minimum Gasteiger partial charge on any atom is -0.441 e. The first-order valence-electron chi connectivity index (χ1n) is 9.52. The average molecular weight is 450 g/mol. The molecule has 5 nitrogen and oxygen atoms in total. The van der Waals surface area contributed by atoms with Gasteiger partial charge in [0.05, 0.1) is 15.6 Å². The van der Waals surface area contributed by atoms with Gasteiger partial charge in [-0.1, -0.05) is 35.3 Å². The van der Waals surface area contributed by atoms with Crippen LogP contribution in [0.15, 0.2) is 47.0 Å². The smallest absolute Gasteiger partial charge is 0.223 e. The Morgan fingerprint density at radius 1 is 1.10 bits per heavy atom. The van der Waals surface area contributed by atoms with Crippen LogP contribution in [0.3, 0.4) is 0 Å². The number of hydrogen-bond acceptors (Lipinski definition) is 5. The highest BCUT2D eigenvalue weighted by Gasteiger charge is 2.22. The summed E-state index contributed by atoms with van der Waals surface area (Å²) in [6.07, 6.45) is 2.54. The van der Waals surface area contributed by atoms with Crippen LogP contribution in [-0.2, 0) is 17.8 Å². The number of carbonyl (C=O) groups is 1. The molecule has 0 N–H and O–H groups in total. The monoisotopic (exact) mass is 449 g/mol. The van der Waals surface area contributed by atoms with Gasteiger partial charge in [0, 0.05) is 56.0 Å². The summed E-state index contributed by atoms with van der Waals surface area (Å²) in [5.74, 6) is 1.32. The third-order valence-corrected chi connectivity index (χ3v) is 6.52. The summed E-state index contributed by atoms with van der Waals surface area (Å²) >= 11 is 13.8. The van der Waals surface area contributed by atoms with E-state index in [1.807, 2.05) is 35.2 Å². The third-order valence-electron chi connectivity index (χ3n) is 4.98. The molecule has 152 valence electrons. The number of nitrogens with zero attached hydrogens (tertiary/aromatic N) is 3. The molecule has 2 aromatic heterocycles. The van der Waals surface area contributed by atoms with Gasteiger partial charge < -0.3 is 9.32 Å². The maximum atomic E-state index is 12.6. The number of thiophene rings is 1. The highest BCUT2D eigenvalue weighted by atomic mass is 35.5. The second-order valence-corrected chi connectivity index (χ2v) is 9.17. The lowest BCUT2D eigenvalue weighted by molar-refractivity contribution is -0.133. The van der Waals surface area contributed by atoms with Gasteiger partial charge in [-0.05, 0) is 24.3 Å². The molecule has 1 aliphatic heterocycles. The zero-order valence-electron chi connectivity index (χ0n) is 15.8. The molecular weight excluding hydrogens is 429 g/mol. The lowest BCUT2D eigenvalue weighted by Gasteiger charge is -2.34. The Labute approximate surface area is 183 Å². The van der Waals surface area contributed by atoms with Crippen LogP contribution in [0.5, 0.6) is 0 Å². The van der Waals surface area contributed by atoms with Crippen LogP contribution in [-0.4, -0.2) is 46.9 Å². The molecule has 0 unspecified atom stereocenters. The van der Waals surface area contributed by atoms with Crippen LogP contribution in [0.2, 0.25) is 9.36 Å². The quantitative estimate of drug-likeness (QED) is 0.531. The summed E-state index contributed by atoms with van der Waals surface area (Å²) in [7, 11) is 0. The van der Waals surface area contributed by atoms with E-state index in [0.717, 1.165) is 42.6 Å². The van der Waals surface area contributed by atoms with Gasteiger partial charge in [0.25, 0.3) is 0 Å². The molecule has 3 aromatic rings. The molecule has 1 amide bonds. The van der Waals surface area contributed by atoms with Crippen molar-refractivity contribution >= 4 is 40.4 Å². The van der Waals surface area contributed by atoms with E-state index in [2.05, 4.69) is 16.0 Å². The normalized spacial score (nSPS) is 15.0. The Hall–Kier alpha value is -1.86. The summed E-state index contributed by atoms with van der Waals surface area (Å²) in [4.78, 5) is 22.4. The number of halogens is 2. The predicted molar refractivity (Wildman–Crippen MR) is 116 cm³/mol. The minimum absolute atomic E-state index is 0.140. The van der Waals surface area contributed by atoms with Crippen LogP contribution in [0.25, 0.3) is 11.3 Å². The van der Waals surface area contributed by atoms with Gasteiger partial charge in [0.2, 0.25) is 5.91 Å². The van der Waals surface area contributed by atoms with Gasteiger partial charge >= 0.3 is 0 Å². The average Bonchev–Trinajstić information content (AvgIpc) is 3.36. The van der Waals surface area contributed by atoms with E-state index >= 15 is 0 Å². The third kappa shape index (κ3) is 5.20. The van der Waals surface area contributed by atoms with Gasteiger partial charge in [0.15, 0.2) is 11.7 Å². The van der Waals surface area contributed by atoms with Crippen LogP contribution in [0, 0.1) is 0 Å². The molecule has 3 heterocycles. The van der Waals surface area contributed by atoms with Crippen molar-refractivity contribution in [2.75, 3.05) is 26.2 Å². The van der Waals surface area contributed by atoms with Crippen molar-refractivity contribution in [2.24, 2.45) is 0 Å². The molecule has 1 aliphatic rings. The Morgan fingerprint density at radius 2 is 1.90 bits per heavy atom. The number of piperazine rings is 1. The molecular formula is C21H21Cl2N3O2S. The topological polar surface area (TPSA) is 49.6 Å². The molecule has 0 spiro atoms. The number of rotatable bonds is 6. The second-order valence-electron chi connectivity index (χ2n) is 6.96. The van der Waals surface area contributed by atoms with Gasteiger partial charge in [-0.2, -0.15) is 0 Å². The first kappa shape index (κ1) is 20.4. The molecule has 0 radical (unpaired) electrons. The van der Waals surface area contributed by atoms with E-state index in [9.17, 15) is 4.79 Å². The predicted octanol–water partition coefficient (Wildman–Crippen LogP) is 4.99. The molecule has 1 saturated heterocycles. The fourth-order valence-corrected chi connectivity index (χ4v) is 4.75. The zero-order valence-corrected chi connectivity index (χ0v) is 18.1. The standard InChI is InChI=1S/C21H21Cl2N3O2S/c22-17-4-2-1-3-16(17)18-13-24-20(28-18)7-8-21(27)26-11-9-25(10-12-26)14-15-5-6-19(23)29-15/h1-6,13H,7-12,14H2. The van der Waals surface area contributed by atoms with E-state index < -0.39 is 0 Å². The number of hydrogen-bond donors (Lipinski definition) is 0. The van der Waals surface area contributed by atoms with Gasteiger partial charge in [-0.15, -0.1) is 11.3 Å². The van der Waals surface area contributed by atoms with Crippen molar-refractivity contribution in [1.29, 1.82) is 0 Å². The lowest BCUT2D eigenvalue weighted by Crippen LogP contribution is -2.48. The molecule has 0 aliphatic carbocycles. The Kier molecular flexibility index (Phi) is 6.55. The first-order chi connectivity index (χ1) is 14.1. The van der Waals surface area contributed by atoms with Gasteiger partial charge in [0.1, 0.15) is 0 Å². The minimum atomic E-state index is 0.140. The van der Waals surface area contributed by atoms with Crippen molar-refractivity contribution in [3.8, 4) is 11.3 Å². The lowest BCUT2D eigenvalue weighted by atomic mass is 10.2. The van der Waals surface area contributed by atoms with Crippen LogP contribution in [0.4, 0.5) is 0 Å². The fourth-order valence-electron chi connectivity index (χ4n) is 3.40. The van der Waals surface area contributed by atoms with Crippen LogP contribution < -0.4 is 0 Å². The van der Waals surface area contributed by atoms with Gasteiger partial charge in [-0.3, -0.25) is 9.69 Å². The molecule has 4 rings (SSSR count). The summed E-state index contributed by atoms with van der Waals surface area (Å²) < 4.78 is 6.61. The molecule has 1 fully saturated rings. The number of aryl methyl sites for hydroxylation is 1. The number of benzene rings is 1. The van der Waals surface area contributed by atoms with E-state index in [-0.39, 0.29) is 5.91 Å². The van der Waals surface area contributed by atoms with Crippen molar-refractivity contribution in [3.63, 3.8) is 0 Å². The van der Waals surface area contributed by atoms with Gasteiger partial charge in [-0.25, -0.2) is 4.98 Å². The Morgan fingerprint density at radius 3 is 2.62 bits per heavy atom. The number of oxazole rings is 1. The summed E-state index contributed by atoms with van der Waals surface area (Å²) in [6, 6.07) is 11.5. The van der Waals surface area contributed by atoms with E-state index in [1.165, 1.54) is 4.88 Å². The molecule has 29 heavy (non-hydrogen) atoms.